The van der Waals surface area contributed by atoms with Crippen LogP contribution in [0.15, 0.2) is 41.6 Å². The third kappa shape index (κ3) is 5.74. The molecule has 0 bridgehead atoms. The Morgan fingerprint density at radius 2 is 2.04 bits per heavy atom. The monoisotopic (exact) mass is 356 g/mol. The van der Waals surface area contributed by atoms with Gasteiger partial charge in [-0.15, -0.1) is 0 Å². The SMILES string of the molecule is O=C(O)C1NCCCC1=C(CP(=O)(O)O)NOCc1ccccc1. The molecular weight excluding hydrogens is 335 g/mol. The van der Waals surface area contributed by atoms with Crippen molar-refractivity contribution in [3.05, 3.63) is 47.2 Å². The minimum atomic E-state index is -4.38. The van der Waals surface area contributed by atoms with Crippen LogP contribution in [0.5, 0.6) is 0 Å². The molecule has 132 valence electrons. The second-order valence-electron chi connectivity index (χ2n) is 5.53. The Morgan fingerprint density at radius 1 is 1.33 bits per heavy atom. The first kappa shape index (κ1) is 18.6. The molecule has 1 aromatic rings. The Bertz CT molecular complexity index is 643. The average molecular weight is 356 g/mol. The number of rotatable bonds is 7. The van der Waals surface area contributed by atoms with E-state index in [9.17, 15) is 24.3 Å². The van der Waals surface area contributed by atoms with Crippen molar-refractivity contribution in [2.75, 3.05) is 12.7 Å². The molecule has 2 rings (SSSR count). The predicted molar refractivity (Wildman–Crippen MR) is 87.0 cm³/mol. The van der Waals surface area contributed by atoms with Gasteiger partial charge in [0, 0.05) is 0 Å². The number of benzene rings is 1. The van der Waals surface area contributed by atoms with Crippen LogP contribution >= 0.6 is 7.60 Å². The van der Waals surface area contributed by atoms with Gasteiger partial charge < -0.3 is 20.2 Å². The van der Waals surface area contributed by atoms with E-state index >= 15 is 0 Å². The van der Waals surface area contributed by atoms with Crippen LogP contribution in [0.2, 0.25) is 0 Å². The van der Waals surface area contributed by atoms with Gasteiger partial charge in [0.2, 0.25) is 0 Å². The topological polar surface area (TPSA) is 128 Å². The van der Waals surface area contributed by atoms with E-state index in [4.69, 9.17) is 4.84 Å². The lowest BCUT2D eigenvalue weighted by molar-refractivity contribution is -0.138. The first-order valence-electron chi connectivity index (χ1n) is 7.51. The average Bonchev–Trinajstić information content (AvgIpc) is 2.54. The molecule has 0 radical (unpaired) electrons. The highest BCUT2D eigenvalue weighted by molar-refractivity contribution is 7.52. The van der Waals surface area contributed by atoms with Crippen molar-refractivity contribution >= 4 is 13.6 Å². The third-order valence-corrected chi connectivity index (χ3v) is 4.32. The fourth-order valence-electron chi connectivity index (χ4n) is 2.54. The molecular formula is C15H21N2O6P. The second kappa shape index (κ2) is 8.41. The molecule has 24 heavy (non-hydrogen) atoms. The molecule has 0 saturated carbocycles. The molecule has 1 heterocycles. The van der Waals surface area contributed by atoms with Gasteiger partial charge in [-0.3, -0.25) is 19.7 Å². The van der Waals surface area contributed by atoms with E-state index in [2.05, 4.69) is 10.8 Å². The summed E-state index contributed by atoms with van der Waals surface area (Å²) in [4.78, 5) is 35.3. The lowest BCUT2D eigenvalue weighted by Gasteiger charge is -2.27. The summed E-state index contributed by atoms with van der Waals surface area (Å²) in [6.45, 7) is 0.721. The Morgan fingerprint density at radius 3 is 2.67 bits per heavy atom. The van der Waals surface area contributed by atoms with Crippen LogP contribution < -0.4 is 10.8 Å². The Balaban J connectivity index is 2.15. The van der Waals surface area contributed by atoms with E-state index in [1.165, 1.54) is 0 Å². The van der Waals surface area contributed by atoms with Crippen LogP contribution in [0, 0.1) is 0 Å². The van der Waals surface area contributed by atoms with Gasteiger partial charge in [-0.1, -0.05) is 30.3 Å². The van der Waals surface area contributed by atoms with E-state index in [0.717, 1.165) is 5.56 Å². The largest absolute Gasteiger partial charge is 0.480 e. The molecule has 8 nitrogen and oxygen atoms in total. The fraction of sp³-hybridized carbons (Fsp3) is 0.400. The summed E-state index contributed by atoms with van der Waals surface area (Å²) in [5, 5.41) is 12.1. The number of hydrogen-bond donors (Lipinski definition) is 5. The van der Waals surface area contributed by atoms with Gasteiger partial charge in [-0.05, 0) is 30.5 Å². The lowest BCUT2D eigenvalue weighted by Crippen LogP contribution is -2.44. The van der Waals surface area contributed by atoms with Crippen molar-refractivity contribution in [2.24, 2.45) is 0 Å². The van der Waals surface area contributed by atoms with Gasteiger partial charge in [-0.25, -0.2) is 0 Å². The molecule has 1 unspecified atom stereocenters. The summed E-state index contributed by atoms with van der Waals surface area (Å²) in [6, 6.07) is 8.27. The molecule has 1 aromatic carbocycles. The maximum atomic E-state index is 11.4. The first-order chi connectivity index (χ1) is 11.4. The zero-order chi connectivity index (χ0) is 17.6. The summed E-state index contributed by atoms with van der Waals surface area (Å²) >= 11 is 0. The maximum Gasteiger partial charge on any atom is 0.331 e. The van der Waals surface area contributed by atoms with Gasteiger partial charge in [0.1, 0.15) is 6.04 Å². The highest BCUT2D eigenvalue weighted by Gasteiger charge is 2.30. The molecule has 1 aliphatic rings. The molecule has 1 aliphatic heterocycles. The number of nitrogens with one attached hydrogen (secondary N) is 2. The predicted octanol–water partition coefficient (Wildman–Crippen LogP) is 0.976. The van der Waals surface area contributed by atoms with Crippen molar-refractivity contribution < 1.29 is 29.1 Å². The van der Waals surface area contributed by atoms with Crippen LogP contribution in [-0.4, -0.2) is 39.6 Å². The van der Waals surface area contributed by atoms with Crippen molar-refractivity contribution in [2.45, 2.75) is 25.5 Å². The zero-order valence-corrected chi connectivity index (χ0v) is 13.9. The molecule has 0 spiro atoms. The number of carbonyl (C=O) groups is 1. The van der Waals surface area contributed by atoms with E-state index in [-0.39, 0.29) is 12.3 Å². The summed E-state index contributed by atoms with van der Waals surface area (Å²) in [6.07, 6.45) is 0.522. The van der Waals surface area contributed by atoms with Gasteiger partial charge in [0.25, 0.3) is 0 Å². The molecule has 9 heteroatoms. The minimum Gasteiger partial charge on any atom is -0.480 e. The van der Waals surface area contributed by atoms with Crippen molar-refractivity contribution in [3.8, 4) is 0 Å². The van der Waals surface area contributed by atoms with E-state index in [1.54, 1.807) is 0 Å². The third-order valence-electron chi connectivity index (χ3n) is 3.60. The molecule has 1 fully saturated rings. The number of carboxylic acids is 1. The Hall–Kier alpha value is -1.70. The maximum absolute atomic E-state index is 11.4. The first-order valence-corrected chi connectivity index (χ1v) is 9.31. The second-order valence-corrected chi connectivity index (χ2v) is 7.18. The molecule has 1 atom stereocenters. The van der Waals surface area contributed by atoms with Crippen molar-refractivity contribution in [3.63, 3.8) is 0 Å². The summed E-state index contributed by atoms with van der Waals surface area (Å²) in [5.74, 6) is -1.09. The van der Waals surface area contributed by atoms with Crippen molar-refractivity contribution in [1.29, 1.82) is 0 Å². The highest BCUT2D eigenvalue weighted by atomic mass is 31.2. The number of allylic oxidation sites excluding steroid dienone is 1. The van der Waals surface area contributed by atoms with E-state index in [1.807, 2.05) is 30.3 Å². The van der Waals surface area contributed by atoms with E-state index in [0.29, 0.717) is 25.0 Å². The Kier molecular flexibility index (Phi) is 6.53. The van der Waals surface area contributed by atoms with Crippen LogP contribution in [0.3, 0.4) is 0 Å². The number of hydroxylamine groups is 1. The molecule has 0 aromatic heterocycles. The fourth-order valence-corrected chi connectivity index (χ4v) is 3.22. The summed E-state index contributed by atoms with van der Waals surface area (Å²) < 4.78 is 11.4. The normalized spacial score (nSPS) is 20.5. The van der Waals surface area contributed by atoms with Gasteiger partial charge in [0.15, 0.2) is 0 Å². The zero-order valence-electron chi connectivity index (χ0n) is 13.0. The van der Waals surface area contributed by atoms with Gasteiger partial charge >= 0.3 is 13.6 Å². The summed E-state index contributed by atoms with van der Waals surface area (Å²) in [7, 11) is -4.38. The number of piperidine rings is 1. The van der Waals surface area contributed by atoms with E-state index < -0.39 is 25.8 Å². The Labute approximate surface area is 139 Å². The molecule has 0 amide bonds. The molecule has 1 saturated heterocycles. The number of hydrogen-bond acceptors (Lipinski definition) is 5. The smallest absolute Gasteiger partial charge is 0.331 e. The minimum absolute atomic E-state index is 0.124. The van der Waals surface area contributed by atoms with Gasteiger partial charge in [0.05, 0.1) is 18.5 Å². The molecule has 0 aliphatic carbocycles. The lowest BCUT2D eigenvalue weighted by atomic mass is 9.96. The van der Waals surface area contributed by atoms with Crippen LogP contribution in [0.4, 0.5) is 0 Å². The van der Waals surface area contributed by atoms with Crippen LogP contribution in [-0.2, 0) is 20.8 Å². The number of carboxylic acid groups (broad SMARTS) is 1. The highest BCUT2D eigenvalue weighted by Crippen LogP contribution is 2.38. The number of aliphatic carboxylic acids is 1. The van der Waals surface area contributed by atoms with Crippen LogP contribution in [0.1, 0.15) is 18.4 Å². The van der Waals surface area contributed by atoms with Crippen LogP contribution in [0.25, 0.3) is 0 Å². The molecule has 5 N–H and O–H groups in total. The quantitative estimate of drug-likeness (QED) is 0.361. The summed E-state index contributed by atoms with van der Waals surface area (Å²) in [5.41, 5.74) is 3.97. The standard InChI is InChI=1S/C15H21N2O6P/c18-15(19)14-12(7-4-8-16-14)13(10-24(20,21)22)17-23-9-11-5-2-1-3-6-11/h1-3,5-6,14,16-17H,4,7-10H2,(H,18,19)(H2,20,21,22). The van der Waals surface area contributed by atoms with Gasteiger partial charge in [-0.2, -0.15) is 0 Å². The van der Waals surface area contributed by atoms with Crippen molar-refractivity contribution in [1.82, 2.24) is 10.8 Å².